The Bertz CT molecular complexity index is 123. The topological polar surface area (TPSA) is 46.2 Å². The Morgan fingerprint density at radius 1 is 1.55 bits per heavy atom. The Morgan fingerprint density at radius 2 is 2.18 bits per heavy atom. The fraction of sp³-hybridized carbons (Fsp3) is 1.00. The van der Waals surface area contributed by atoms with E-state index >= 15 is 0 Å². The monoisotopic (exact) mass is 157 g/mol. The Morgan fingerprint density at radius 3 is 2.45 bits per heavy atom. The number of rotatable bonds is 4. The maximum Gasteiger partial charge on any atom is 0.0448 e. The first-order valence-corrected chi connectivity index (χ1v) is 4.62. The molecule has 1 unspecified atom stereocenters. The number of aliphatic hydroxyl groups is 1. The largest absolute Gasteiger partial charge is 0.396 e. The first-order valence-electron chi connectivity index (χ1n) is 4.62. The van der Waals surface area contributed by atoms with Crippen molar-refractivity contribution in [2.75, 3.05) is 6.61 Å². The van der Waals surface area contributed by atoms with Crippen molar-refractivity contribution in [3.8, 4) is 0 Å². The molecule has 1 saturated carbocycles. The highest BCUT2D eigenvalue weighted by Gasteiger charge is 2.36. The van der Waals surface area contributed by atoms with Crippen LogP contribution in [0, 0.1) is 5.92 Å². The van der Waals surface area contributed by atoms with E-state index in [4.69, 9.17) is 10.8 Å². The Hall–Kier alpha value is -0.0800. The molecular formula is C9H19NO. The van der Waals surface area contributed by atoms with Gasteiger partial charge in [0.05, 0.1) is 0 Å². The average Bonchev–Trinajstić information content (AvgIpc) is 1.84. The van der Waals surface area contributed by atoms with Gasteiger partial charge in [0.15, 0.2) is 0 Å². The lowest BCUT2D eigenvalue weighted by molar-refractivity contribution is 0.123. The Balaban J connectivity index is 2.43. The molecule has 0 heterocycles. The minimum absolute atomic E-state index is 0.0625. The molecular weight excluding hydrogens is 138 g/mol. The van der Waals surface area contributed by atoms with E-state index < -0.39 is 0 Å². The molecule has 1 rings (SSSR count). The predicted octanol–water partition coefficient (Wildman–Crippen LogP) is 1.28. The summed E-state index contributed by atoms with van der Waals surface area (Å²) < 4.78 is 0. The van der Waals surface area contributed by atoms with Gasteiger partial charge in [-0.15, -0.1) is 0 Å². The van der Waals surface area contributed by atoms with Gasteiger partial charge >= 0.3 is 0 Å². The molecule has 1 aliphatic rings. The van der Waals surface area contributed by atoms with Crippen LogP contribution < -0.4 is 5.73 Å². The van der Waals surface area contributed by atoms with Gasteiger partial charge in [0, 0.05) is 12.1 Å². The minimum Gasteiger partial charge on any atom is -0.396 e. The van der Waals surface area contributed by atoms with Crippen LogP contribution in [0.1, 0.15) is 39.0 Å². The summed E-state index contributed by atoms with van der Waals surface area (Å²) >= 11 is 0. The molecule has 0 aromatic heterocycles. The van der Waals surface area contributed by atoms with Crippen LogP contribution in [0.15, 0.2) is 0 Å². The third-order valence-corrected chi connectivity index (χ3v) is 3.15. The van der Waals surface area contributed by atoms with Crippen molar-refractivity contribution in [1.29, 1.82) is 0 Å². The van der Waals surface area contributed by atoms with E-state index in [1.807, 2.05) is 0 Å². The smallest absolute Gasteiger partial charge is 0.0448 e. The van der Waals surface area contributed by atoms with Gasteiger partial charge in [-0.3, -0.25) is 0 Å². The molecule has 0 saturated heterocycles. The first-order chi connectivity index (χ1) is 5.23. The standard InChI is InChI=1S/C9H19NO/c1-2-9(10,6-7-11)8-4-3-5-8/h8,11H,2-7,10H2,1H3. The Labute approximate surface area is 68.8 Å². The second-order valence-corrected chi connectivity index (χ2v) is 3.69. The number of nitrogens with two attached hydrogens (primary N) is 1. The van der Waals surface area contributed by atoms with E-state index in [9.17, 15) is 0 Å². The highest BCUT2D eigenvalue weighted by Crippen LogP contribution is 2.38. The van der Waals surface area contributed by atoms with Crippen LogP contribution in [0.2, 0.25) is 0 Å². The van der Waals surface area contributed by atoms with E-state index in [1.54, 1.807) is 0 Å². The number of hydrogen-bond donors (Lipinski definition) is 2. The molecule has 1 fully saturated rings. The van der Waals surface area contributed by atoms with Gasteiger partial charge in [0.25, 0.3) is 0 Å². The lowest BCUT2D eigenvalue weighted by Gasteiger charge is -2.42. The summed E-state index contributed by atoms with van der Waals surface area (Å²) in [5.74, 6) is 0.680. The molecule has 2 heteroatoms. The summed E-state index contributed by atoms with van der Waals surface area (Å²) in [5, 5.41) is 8.82. The van der Waals surface area contributed by atoms with Crippen molar-refractivity contribution in [3.63, 3.8) is 0 Å². The van der Waals surface area contributed by atoms with E-state index in [0.717, 1.165) is 12.8 Å². The molecule has 66 valence electrons. The molecule has 0 aromatic carbocycles. The molecule has 1 atom stereocenters. The van der Waals surface area contributed by atoms with Crippen LogP contribution >= 0.6 is 0 Å². The van der Waals surface area contributed by atoms with E-state index in [2.05, 4.69) is 6.92 Å². The van der Waals surface area contributed by atoms with Gasteiger partial charge in [0.1, 0.15) is 0 Å². The molecule has 0 bridgehead atoms. The third kappa shape index (κ3) is 1.74. The lowest BCUT2D eigenvalue weighted by Crippen LogP contribution is -2.50. The molecule has 0 aromatic rings. The molecule has 0 spiro atoms. The zero-order valence-corrected chi connectivity index (χ0v) is 7.34. The van der Waals surface area contributed by atoms with E-state index in [-0.39, 0.29) is 12.1 Å². The van der Waals surface area contributed by atoms with E-state index in [0.29, 0.717) is 5.92 Å². The predicted molar refractivity (Wildman–Crippen MR) is 46.3 cm³/mol. The van der Waals surface area contributed by atoms with Crippen LogP contribution in [-0.2, 0) is 0 Å². The van der Waals surface area contributed by atoms with Crippen molar-refractivity contribution in [2.45, 2.75) is 44.6 Å². The van der Waals surface area contributed by atoms with Crippen LogP contribution in [0.25, 0.3) is 0 Å². The highest BCUT2D eigenvalue weighted by molar-refractivity contribution is 4.93. The van der Waals surface area contributed by atoms with Crippen LogP contribution in [-0.4, -0.2) is 17.3 Å². The highest BCUT2D eigenvalue weighted by atomic mass is 16.3. The number of aliphatic hydroxyl groups excluding tert-OH is 1. The molecule has 0 radical (unpaired) electrons. The normalized spacial score (nSPS) is 24.3. The van der Waals surface area contributed by atoms with Gasteiger partial charge in [0.2, 0.25) is 0 Å². The quantitative estimate of drug-likeness (QED) is 0.645. The van der Waals surface area contributed by atoms with Crippen LogP contribution in [0.3, 0.4) is 0 Å². The van der Waals surface area contributed by atoms with E-state index in [1.165, 1.54) is 19.3 Å². The second-order valence-electron chi connectivity index (χ2n) is 3.69. The van der Waals surface area contributed by atoms with Crippen molar-refractivity contribution < 1.29 is 5.11 Å². The van der Waals surface area contributed by atoms with Crippen molar-refractivity contribution in [3.05, 3.63) is 0 Å². The van der Waals surface area contributed by atoms with Gasteiger partial charge in [-0.1, -0.05) is 13.3 Å². The fourth-order valence-electron chi connectivity index (χ4n) is 1.86. The molecule has 11 heavy (non-hydrogen) atoms. The maximum atomic E-state index is 8.82. The summed E-state index contributed by atoms with van der Waals surface area (Å²) in [6.07, 6.45) is 5.64. The van der Waals surface area contributed by atoms with Crippen molar-refractivity contribution in [1.82, 2.24) is 0 Å². The van der Waals surface area contributed by atoms with Crippen LogP contribution in [0.5, 0.6) is 0 Å². The Kier molecular flexibility index (Phi) is 2.90. The molecule has 2 nitrogen and oxygen atoms in total. The summed E-state index contributed by atoms with van der Waals surface area (Å²) in [6.45, 7) is 2.36. The SMILES string of the molecule is CCC(N)(CCO)C1CCC1. The molecule has 0 amide bonds. The first kappa shape index (κ1) is 9.01. The van der Waals surface area contributed by atoms with Gasteiger partial charge in [-0.05, 0) is 31.6 Å². The van der Waals surface area contributed by atoms with Gasteiger partial charge in [-0.2, -0.15) is 0 Å². The van der Waals surface area contributed by atoms with Crippen molar-refractivity contribution in [2.24, 2.45) is 11.7 Å². The van der Waals surface area contributed by atoms with Gasteiger partial charge < -0.3 is 10.8 Å². The molecule has 1 aliphatic carbocycles. The summed E-state index contributed by atoms with van der Waals surface area (Å²) in [5.41, 5.74) is 6.09. The number of hydrogen-bond acceptors (Lipinski definition) is 2. The van der Waals surface area contributed by atoms with Gasteiger partial charge in [-0.25, -0.2) is 0 Å². The van der Waals surface area contributed by atoms with Crippen LogP contribution in [0.4, 0.5) is 0 Å². The fourth-order valence-corrected chi connectivity index (χ4v) is 1.86. The summed E-state index contributed by atoms with van der Waals surface area (Å²) in [4.78, 5) is 0. The average molecular weight is 157 g/mol. The summed E-state index contributed by atoms with van der Waals surface area (Å²) in [6, 6.07) is 0. The summed E-state index contributed by atoms with van der Waals surface area (Å²) in [7, 11) is 0. The molecule has 0 aliphatic heterocycles. The second kappa shape index (κ2) is 3.55. The molecule has 3 N–H and O–H groups in total. The zero-order valence-electron chi connectivity index (χ0n) is 7.34. The third-order valence-electron chi connectivity index (χ3n) is 3.15. The zero-order chi connectivity index (χ0) is 8.32. The van der Waals surface area contributed by atoms with Crippen molar-refractivity contribution >= 4 is 0 Å². The lowest BCUT2D eigenvalue weighted by atomic mass is 9.68. The maximum absolute atomic E-state index is 8.82. The minimum atomic E-state index is -0.0625.